The molecular weight excluding hydrogens is 432 g/mol. The van der Waals surface area contributed by atoms with E-state index < -0.39 is 15.9 Å². The Bertz CT molecular complexity index is 1200. The molecular formula is C22H22N4O3S2. The minimum Gasteiger partial charge on any atom is -0.310 e. The van der Waals surface area contributed by atoms with Gasteiger partial charge in [-0.3, -0.25) is 4.79 Å². The lowest BCUT2D eigenvalue weighted by Crippen LogP contribution is -2.43. The first-order chi connectivity index (χ1) is 15.0. The predicted molar refractivity (Wildman–Crippen MR) is 121 cm³/mol. The lowest BCUT2D eigenvalue weighted by Gasteiger charge is -2.30. The van der Waals surface area contributed by atoms with E-state index in [0.717, 1.165) is 5.56 Å². The Kier molecular flexibility index (Phi) is 6.23. The van der Waals surface area contributed by atoms with Gasteiger partial charge in [-0.2, -0.15) is 4.31 Å². The monoisotopic (exact) mass is 454 g/mol. The number of terminal acetylenes is 1. The third-order valence-corrected chi connectivity index (χ3v) is 8.47. The van der Waals surface area contributed by atoms with E-state index in [4.69, 9.17) is 6.42 Å². The lowest BCUT2D eigenvalue weighted by atomic mass is 9.99. The molecule has 1 aromatic carbocycles. The van der Waals surface area contributed by atoms with Gasteiger partial charge in [0.05, 0.1) is 18.8 Å². The summed E-state index contributed by atoms with van der Waals surface area (Å²) in [6, 6.07) is 12.8. The molecule has 1 N–H and O–H groups in total. The maximum atomic E-state index is 13.1. The molecule has 0 spiro atoms. The Morgan fingerprint density at radius 2 is 2.06 bits per heavy atom. The number of aromatic nitrogens is 2. The highest BCUT2D eigenvalue weighted by Crippen LogP contribution is 2.30. The summed E-state index contributed by atoms with van der Waals surface area (Å²) in [6.45, 7) is 0.823. The van der Waals surface area contributed by atoms with Crippen LogP contribution in [0.3, 0.4) is 0 Å². The van der Waals surface area contributed by atoms with Crippen molar-refractivity contribution in [3.63, 3.8) is 0 Å². The van der Waals surface area contributed by atoms with Gasteiger partial charge in [0.25, 0.3) is 10.0 Å². The molecule has 7 nitrogen and oxygen atoms in total. The smallest absolute Gasteiger partial charge is 0.252 e. The van der Waals surface area contributed by atoms with E-state index in [1.807, 2.05) is 30.3 Å². The summed E-state index contributed by atoms with van der Waals surface area (Å²) >= 11 is 1.18. The molecule has 1 atom stereocenters. The number of carbonyl (C=O) groups is 1. The number of benzene rings is 1. The van der Waals surface area contributed by atoms with E-state index in [1.54, 1.807) is 28.4 Å². The number of piperidine rings is 1. The topological polar surface area (TPSA) is 84.3 Å². The summed E-state index contributed by atoms with van der Waals surface area (Å²) in [4.78, 5) is 17.6. The number of thiophene rings is 1. The molecule has 1 fully saturated rings. The number of nitrogens with zero attached hydrogens (tertiary/aromatic N) is 3. The number of hydrogen-bond acceptors (Lipinski definition) is 5. The van der Waals surface area contributed by atoms with Gasteiger partial charge in [-0.15, -0.1) is 17.8 Å². The number of carbonyl (C=O) groups excluding carboxylic acids is 1. The van der Waals surface area contributed by atoms with Crippen LogP contribution in [0.5, 0.6) is 0 Å². The van der Waals surface area contributed by atoms with Gasteiger partial charge in [-0.1, -0.05) is 42.3 Å². The van der Waals surface area contributed by atoms with Crippen molar-refractivity contribution in [2.45, 2.75) is 23.6 Å². The van der Waals surface area contributed by atoms with E-state index in [9.17, 15) is 13.2 Å². The van der Waals surface area contributed by atoms with Crippen LogP contribution < -0.4 is 5.32 Å². The molecule has 1 saturated heterocycles. The maximum Gasteiger partial charge on any atom is 0.252 e. The van der Waals surface area contributed by atoms with Crippen LogP contribution in [-0.4, -0.2) is 41.3 Å². The Labute approximate surface area is 185 Å². The number of sulfonamides is 1. The number of amides is 1. The van der Waals surface area contributed by atoms with Crippen LogP contribution in [-0.2, 0) is 21.4 Å². The third-order valence-electron chi connectivity index (χ3n) is 5.23. The highest BCUT2D eigenvalue weighted by molar-refractivity contribution is 7.91. The molecule has 0 saturated carbocycles. The fraction of sp³-hybridized carbons (Fsp3) is 0.273. The van der Waals surface area contributed by atoms with Crippen LogP contribution in [0.2, 0.25) is 0 Å². The van der Waals surface area contributed by atoms with Crippen LogP contribution in [0.15, 0.2) is 58.4 Å². The van der Waals surface area contributed by atoms with Gasteiger partial charge in [-0.25, -0.2) is 13.4 Å². The SMILES string of the molecule is C#CCn1cnc(-c2ccccc2)c1NC(=O)[C@@H]1CCCN(S(=O)(=O)c2cccs2)C1. The minimum absolute atomic E-state index is 0.149. The van der Waals surface area contributed by atoms with Gasteiger partial charge in [-0.05, 0) is 24.3 Å². The molecule has 0 unspecified atom stereocenters. The van der Waals surface area contributed by atoms with E-state index >= 15 is 0 Å². The summed E-state index contributed by atoms with van der Waals surface area (Å²) < 4.78 is 29.2. The zero-order chi connectivity index (χ0) is 21.8. The second-order valence-electron chi connectivity index (χ2n) is 7.26. The maximum absolute atomic E-state index is 13.1. The molecule has 2 aromatic heterocycles. The van der Waals surface area contributed by atoms with Crippen molar-refractivity contribution in [1.29, 1.82) is 0 Å². The molecule has 160 valence electrons. The lowest BCUT2D eigenvalue weighted by molar-refractivity contribution is -0.120. The van der Waals surface area contributed by atoms with Crippen molar-refractivity contribution in [2.75, 3.05) is 18.4 Å². The van der Waals surface area contributed by atoms with Crippen LogP contribution >= 0.6 is 11.3 Å². The molecule has 0 bridgehead atoms. The molecule has 9 heteroatoms. The van der Waals surface area contributed by atoms with Crippen molar-refractivity contribution in [3.05, 3.63) is 54.2 Å². The van der Waals surface area contributed by atoms with Crippen molar-refractivity contribution < 1.29 is 13.2 Å². The molecule has 1 amide bonds. The Hall–Kier alpha value is -2.93. The van der Waals surface area contributed by atoms with Gasteiger partial charge >= 0.3 is 0 Å². The van der Waals surface area contributed by atoms with E-state index in [2.05, 4.69) is 16.2 Å². The van der Waals surface area contributed by atoms with Crippen LogP contribution in [0.4, 0.5) is 5.82 Å². The van der Waals surface area contributed by atoms with Crippen LogP contribution in [0, 0.1) is 18.3 Å². The molecule has 3 heterocycles. The largest absolute Gasteiger partial charge is 0.310 e. The summed E-state index contributed by atoms with van der Waals surface area (Å²) in [5.41, 5.74) is 1.49. The highest BCUT2D eigenvalue weighted by Gasteiger charge is 2.34. The zero-order valence-electron chi connectivity index (χ0n) is 16.8. The van der Waals surface area contributed by atoms with Crippen molar-refractivity contribution in [2.24, 2.45) is 5.92 Å². The van der Waals surface area contributed by atoms with Gasteiger partial charge < -0.3 is 9.88 Å². The molecule has 1 aliphatic heterocycles. The number of imidazole rings is 1. The summed E-state index contributed by atoms with van der Waals surface area (Å²) in [5, 5.41) is 4.70. The average Bonchev–Trinajstić information content (AvgIpc) is 3.46. The second-order valence-corrected chi connectivity index (χ2v) is 10.4. The standard InChI is InChI=1S/C22H22N4O3S2/c1-2-12-25-16-23-20(17-8-4-3-5-9-17)21(25)24-22(27)18-10-6-13-26(15-18)31(28,29)19-11-7-14-30-19/h1,3-5,7-9,11,14,16,18H,6,10,12-13,15H2,(H,24,27)/t18-/m1/s1. The molecule has 0 radical (unpaired) electrons. The molecule has 0 aliphatic carbocycles. The van der Waals surface area contributed by atoms with Gasteiger partial charge in [0.1, 0.15) is 15.7 Å². The summed E-state index contributed by atoms with van der Waals surface area (Å²) in [7, 11) is -3.59. The number of hydrogen-bond donors (Lipinski definition) is 1. The number of nitrogens with one attached hydrogen (secondary N) is 1. The van der Waals surface area contributed by atoms with E-state index in [1.165, 1.54) is 15.6 Å². The second kappa shape index (κ2) is 9.06. The number of rotatable bonds is 6. The fourth-order valence-electron chi connectivity index (χ4n) is 3.67. The van der Waals surface area contributed by atoms with Crippen molar-refractivity contribution in [3.8, 4) is 23.6 Å². The Morgan fingerprint density at radius 1 is 1.26 bits per heavy atom. The summed E-state index contributed by atoms with van der Waals surface area (Å²) in [6.07, 6.45) is 8.32. The Morgan fingerprint density at radius 3 is 2.77 bits per heavy atom. The molecule has 31 heavy (non-hydrogen) atoms. The van der Waals surface area contributed by atoms with Crippen LogP contribution in [0.1, 0.15) is 12.8 Å². The third kappa shape index (κ3) is 4.42. The first-order valence-electron chi connectivity index (χ1n) is 9.89. The minimum atomic E-state index is -3.59. The molecule has 1 aliphatic rings. The fourth-order valence-corrected chi connectivity index (χ4v) is 6.34. The zero-order valence-corrected chi connectivity index (χ0v) is 18.4. The van der Waals surface area contributed by atoms with Crippen LogP contribution in [0.25, 0.3) is 11.3 Å². The van der Waals surface area contributed by atoms with Crippen molar-refractivity contribution >= 4 is 33.1 Å². The molecule has 4 rings (SSSR count). The van der Waals surface area contributed by atoms with Gasteiger partial charge in [0.15, 0.2) is 0 Å². The normalized spacial score (nSPS) is 17.2. The van der Waals surface area contributed by atoms with Gasteiger partial charge in [0.2, 0.25) is 5.91 Å². The predicted octanol–water partition coefficient (Wildman–Crippen LogP) is 3.28. The first-order valence-corrected chi connectivity index (χ1v) is 12.2. The quantitative estimate of drug-likeness (QED) is 0.580. The highest BCUT2D eigenvalue weighted by atomic mass is 32.2. The van der Waals surface area contributed by atoms with E-state index in [0.29, 0.717) is 35.1 Å². The summed E-state index contributed by atoms with van der Waals surface area (Å²) in [5.74, 6) is 2.40. The average molecular weight is 455 g/mol. The number of anilines is 1. The molecule has 3 aromatic rings. The van der Waals surface area contributed by atoms with E-state index in [-0.39, 0.29) is 19.0 Å². The Balaban J connectivity index is 1.56. The van der Waals surface area contributed by atoms with Gasteiger partial charge in [0, 0.05) is 18.7 Å². The first kappa shape index (κ1) is 21.3. The van der Waals surface area contributed by atoms with Crippen molar-refractivity contribution in [1.82, 2.24) is 13.9 Å².